The van der Waals surface area contributed by atoms with Crippen LogP contribution in [-0.2, 0) is 16.6 Å². The van der Waals surface area contributed by atoms with Crippen molar-refractivity contribution in [1.29, 1.82) is 0 Å². The second-order valence-electron chi connectivity index (χ2n) is 14.0. The van der Waals surface area contributed by atoms with E-state index >= 15 is 0 Å². The summed E-state index contributed by atoms with van der Waals surface area (Å²) in [6.45, 7) is 11.1. The number of benzene rings is 2. The number of carbonyl (C=O) groups is 1. The Morgan fingerprint density at radius 2 is 1.98 bits per heavy atom. The van der Waals surface area contributed by atoms with Crippen molar-refractivity contribution in [1.82, 2.24) is 9.80 Å². The van der Waals surface area contributed by atoms with Crippen LogP contribution >= 0.6 is 0 Å². The lowest BCUT2D eigenvalue weighted by Gasteiger charge is -2.64. The fourth-order valence-corrected chi connectivity index (χ4v) is 8.70. The Bertz CT molecular complexity index is 1490. The molecule has 0 unspecified atom stereocenters. The maximum absolute atomic E-state index is 14.0. The van der Waals surface area contributed by atoms with Gasteiger partial charge in [-0.3, -0.25) is 9.69 Å². The molecule has 5 aliphatic rings. The molecule has 1 N–H and O–H groups in total. The van der Waals surface area contributed by atoms with Gasteiger partial charge in [-0.05, 0) is 106 Å². The lowest BCUT2D eigenvalue weighted by molar-refractivity contribution is -0.201. The Hall–Kier alpha value is -3.01. The molecule has 5 atom stereocenters. The smallest absolute Gasteiger partial charge is 0.299 e. The average Bonchev–Trinajstić information content (AvgIpc) is 3.71. The molecule has 2 aliphatic heterocycles. The van der Waals surface area contributed by atoms with Crippen molar-refractivity contribution in [2.45, 2.75) is 95.4 Å². The van der Waals surface area contributed by atoms with Crippen LogP contribution in [-0.4, -0.2) is 71.3 Å². The molecule has 1 saturated heterocycles. The topological polar surface area (TPSA) is 62.2 Å². The van der Waals surface area contributed by atoms with Crippen LogP contribution in [0.2, 0.25) is 0 Å². The first-order chi connectivity index (χ1) is 20.2. The number of hydrogen-bond acceptors (Lipinski definition) is 5. The van der Waals surface area contributed by atoms with Crippen LogP contribution in [0.1, 0.15) is 73.8 Å². The molecule has 2 heterocycles. The summed E-state index contributed by atoms with van der Waals surface area (Å²) in [6, 6.07) is 10.2. The van der Waals surface area contributed by atoms with Crippen LogP contribution in [0.4, 0.5) is 0 Å². The largest absolute Gasteiger partial charge is 0.493 e. The van der Waals surface area contributed by atoms with Gasteiger partial charge in [-0.2, -0.15) is 0 Å². The highest BCUT2D eigenvalue weighted by molar-refractivity contribution is 5.94. The highest BCUT2D eigenvalue weighted by Gasteiger charge is 2.73. The molecule has 2 aromatic rings. The van der Waals surface area contributed by atoms with Gasteiger partial charge in [0.1, 0.15) is 6.10 Å². The molecular formula is C36H44N2O4. The van der Waals surface area contributed by atoms with Gasteiger partial charge in [0.15, 0.2) is 11.5 Å². The number of carbonyl (C=O) groups excluding carboxylic acids is 1. The second-order valence-corrected chi connectivity index (χ2v) is 14.0. The zero-order valence-electron chi connectivity index (χ0n) is 25.7. The molecular weight excluding hydrogens is 524 g/mol. The molecule has 6 heteroatoms. The van der Waals surface area contributed by atoms with Crippen molar-refractivity contribution < 1.29 is 19.4 Å². The van der Waals surface area contributed by atoms with Gasteiger partial charge in [0.25, 0.3) is 5.91 Å². The summed E-state index contributed by atoms with van der Waals surface area (Å²) in [4.78, 5) is 18.5. The minimum atomic E-state index is -0.913. The molecule has 2 bridgehead atoms. The Balaban J connectivity index is 1.29. The highest BCUT2D eigenvalue weighted by atomic mass is 16.5. The third-order valence-electron chi connectivity index (χ3n) is 11.0. The molecule has 3 aliphatic carbocycles. The fraction of sp³-hybridized carbons (Fsp3) is 0.583. The number of aliphatic hydroxyl groups is 1. The van der Waals surface area contributed by atoms with E-state index in [1.807, 2.05) is 23.1 Å². The number of likely N-dealkylation sites (tertiary alicyclic amines) is 1. The summed E-state index contributed by atoms with van der Waals surface area (Å²) < 4.78 is 12.8. The first-order valence-electron chi connectivity index (χ1n) is 15.9. The Labute approximate surface area is 250 Å². The maximum Gasteiger partial charge on any atom is 0.299 e. The maximum atomic E-state index is 14.0. The van der Waals surface area contributed by atoms with Gasteiger partial charge >= 0.3 is 0 Å². The van der Waals surface area contributed by atoms with Crippen LogP contribution in [0.15, 0.2) is 30.3 Å². The van der Waals surface area contributed by atoms with E-state index in [2.05, 4.69) is 56.6 Å². The zero-order chi connectivity index (χ0) is 29.4. The molecule has 1 spiro atoms. The van der Waals surface area contributed by atoms with Crippen LogP contribution in [0, 0.1) is 37.5 Å². The number of amides is 1. The van der Waals surface area contributed by atoms with Gasteiger partial charge in [-0.15, -0.1) is 0 Å². The lowest BCUT2D eigenvalue weighted by Crippen LogP contribution is -2.78. The Kier molecular flexibility index (Phi) is 6.64. The van der Waals surface area contributed by atoms with Crippen molar-refractivity contribution >= 4 is 5.91 Å². The summed E-state index contributed by atoms with van der Waals surface area (Å²) in [5, 5.41) is 12.9. The molecule has 6 nitrogen and oxygen atoms in total. The predicted molar refractivity (Wildman–Crippen MR) is 163 cm³/mol. The molecule has 2 saturated carbocycles. The monoisotopic (exact) mass is 568 g/mol. The molecule has 1 amide bonds. The van der Waals surface area contributed by atoms with Gasteiger partial charge in [-0.1, -0.05) is 31.9 Å². The first kappa shape index (κ1) is 27.8. The van der Waals surface area contributed by atoms with Gasteiger partial charge < -0.3 is 19.5 Å². The van der Waals surface area contributed by atoms with Crippen molar-refractivity contribution in [3.05, 3.63) is 58.1 Å². The van der Waals surface area contributed by atoms with E-state index in [1.54, 1.807) is 7.11 Å². The molecule has 0 radical (unpaired) electrons. The summed E-state index contributed by atoms with van der Waals surface area (Å²) in [6.07, 6.45) is 5.23. The lowest BCUT2D eigenvalue weighted by atomic mass is 9.48. The summed E-state index contributed by atoms with van der Waals surface area (Å²) in [5.74, 6) is 8.50. The fourth-order valence-electron chi connectivity index (χ4n) is 8.70. The van der Waals surface area contributed by atoms with E-state index in [0.717, 1.165) is 48.7 Å². The predicted octanol–water partition coefficient (Wildman–Crippen LogP) is 4.78. The average molecular weight is 569 g/mol. The molecule has 42 heavy (non-hydrogen) atoms. The number of piperidine rings is 1. The van der Waals surface area contributed by atoms with E-state index in [9.17, 15) is 9.90 Å². The number of nitrogens with zero attached hydrogens (tertiary/aromatic N) is 2. The summed E-state index contributed by atoms with van der Waals surface area (Å²) in [7, 11) is 1.69. The number of hydrogen-bond donors (Lipinski definition) is 1. The number of aryl methyl sites for hydroxylation is 2. The third-order valence-corrected chi connectivity index (χ3v) is 11.0. The Morgan fingerprint density at radius 1 is 1.17 bits per heavy atom. The normalized spacial score (nSPS) is 30.7. The number of rotatable bonds is 6. The van der Waals surface area contributed by atoms with Gasteiger partial charge in [0.05, 0.1) is 24.2 Å². The quantitative estimate of drug-likeness (QED) is 0.509. The standard InChI is InChI=1S/C36H44N2O4/c1-22(2)20-38(31(39)13-10-25-7-6-23(3)24(4)18-25)28-14-15-36(40)30-19-27-11-12-29(41-5)33-32(27)35(36,34(28)42-33)16-17-37(30)21-26-8-9-26/h6-7,11-12,18,22,26,28,30,34,40H,8-9,14-17,19-21H2,1-5H3/t28-,30+,34-,35-,36+/m0/s1. The highest BCUT2D eigenvalue weighted by Crippen LogP contribution is 2.66. The molecule has 0 aromatic heterocycles. The minimum absolute atomic E-state index is 0.0598. The first-order valence-corrected chi connectivity index (χ1v) is 15.9. The van der Waals surface area contributed by atoms with Crippen LogP contribution in [0.5, 0.6) is 11.5 Å². The van der Waals surface area contributed by atoms with Crippen molar-refractivity contribution in [2.75, 3.05) is 26.7 Å². The molecule has 222 valence electrons. The molecule has 2 aromatic carbocycles. The zero-order valence-corrected chi connectivity index (χ0v) is 25.7. The SMILES string of the molecule is COc1ccc2c3c1O[C@H]1[C@@H](N(CC(C)C)C(=O)C#Cc4ccc(C)c(C)c4)CC[C@@]4(O)[C@@H](C2)N(CC2CC2)CC[C@]314. The molecule has 3 fully saturated rings. The van der Waals surface area contributed by atoms with Gasteiger partial charge in [-0.25, -0.2) is 0 Å². The number of methoxy groups -OCH3 is 1. The Morgan fingerprint density at radius 3 is 2.69 bits per heavy atom. The van der Waals surface area contributed by atoms with E-state index in [4.69, 9.17) is 9.47 Å². The van der Waals surface area contributed by atoms with Gasteiger partial charge in [0.2, 0.25) is 0 Å². The van der Waals surface area contributed by atoms with Crippen molar-refractivity contribution in [2.24, 2.45) is 11.8 Å². The van der Waals surface area contributed by atoms with Crippen molar-refractivity contribution in [3.8, 4) is 23.3 Å². The van der Waals surface area contributed by atoms with Crippen LogP contribution in [0.3, 0.4) is 0 Å². The summed E-state index contributed by atoms with van der Waals surface area (Å²) >= 11 is 0. The van der Waals surface area contributed by atoms with Crippen LogP contribution in [0.25, 0.3) is 0 Å². The third kappa shape index (κ3) is 4.11. The van der Waals surface area contributed by atoms with Crippen LogP contribution < -0.4 is 9.47 Å². The van der Waals surface area contributed by atoms with Gasteiger partial charge in [0, 0.05) is 36.2 Å². The number of ether oxygens (including phenoxy) is 2. The summed E-state index contributed by atoms with van der Waals surface area (Å²) in [5.41, 5.74) is 4.15. The van der Waals surface area contributed by atoms with E-state index < -0.39 is 11.0 Å². The van der Waals surface area contributed by atoms with E-state index in [1.165, 1.54) is 29.5 Å². The van der Waals surface area contributed by atoms with E-state index in [0.29, 0.717) is 25.1 Å². The second kappa shape index (κ2) is 10.0. The minimum Gasteiger partial charge on any atom is -0.493 e. The van der Waals surface area contributed by atoms with Crippen molar-refractivity contribution in [3.63, 3.8) is 0 Å². The van der Waals surface area contributed by atoms with E-state index in [-0.39, 0.29) is 30.0 Å². The molecule has 7 rings (SSSR count).